The maximum absolute atomic E-state index is 11.2. The zero-order valence-corrected chi connectivity index (χ0v) is 18.7. The third kappa shape index (κ3) is 4.89. The van der Waals surface area contributed by atoms with Crippen LogP contribution in [-0.4, -0.2) is 24.3 Å². The molecule has 1 saturated heterocycles. The molecule has 1 aromatic heterocycles. The van der Waals surface area contributed by atoms with Crippen LogP contribution in [0.3, 0.4) is 0 Å². The SMILES string of the molecule is CCc1sc(C2CCOCC2)cc1C(Nc1ccc(C(=O)O)cc1)C1CCCCC1. The maximum atomic E-state index is 11.2. The number of hydrogen-bond donors (Lipinski definition) is 2. The van der Waals surface area contributed by atoms with E-state index in [1.165, 1.54) is 47.4 Å². The van der Waals surface area contributed by atoms with Gasteiger partial charge in [0, 0.05) is 28.7 Å². The van der Waals surface area contributed by atoms with Crippen molar-refractivity contribution in [2.75, 3.05) is 18.5 Å². The zero-order valence-electron chi connectivity index (χ0n) is 17.9. The number of nitrogens with one attached hydrogen (secondary N) is 1. The molecule has 1 saturated carbocycles. The number of thiophene rings is 1. The van der Waals surface area contributed by atoms with Gasteiger partial charge in [0.25, 0.3) is 0 Å². The first kappa shape index (κ1) is 21.4. The minimum absolute atomic E-state index is 0.292. The van der Waals surface area contributed by atoms with Crippen molar-refractivity contribution in [3.05, 3.63) is 51.2 Å². The number of carboxylic acid groups (broad SMARTS) is 1. The van der Waals surface area contributed by atoms with E-state index in [-0.39, 0.29) is 0 Å². The lowest BCUT2D eigenvalue weighted by atomic mass is 9.80. The predicted octanol–water partition coefficient (Wildman–Crippen LogP) is 6.64. The van der Waals surface area contributed by atoms with Gasteiger partial charge in [-0.15, -0.1) is 11.3 Å². The summed E-state index contributed by atoms with van der Waals surface area (Å²) in [6.07, 6.45) is 9.79. The average molecular weight is 428 g/mol. The second-order valence-corrected chi connectivity index (χ2v) is 9.84. The zero-order chi connectivity index (χ0) is 20.9. The molecule has 2 N–H and O–H groups in total. The second kappa shape index (κ2) is 9.97. The van der Waals surface area contributed by atoms with E-state index < -0.39 is 5.97 Å². The van der Waals surface area contributed by atoms with E-state index in [9.17, 15) is 9.90 Å². The third-order valence-electron chi connectivity index (χ3n) is 6.72. The van der Waals surface area contributed by atoms with Crippen molar-refractivity contribution < 1.29 is 14.6 Å². The van der Waals surface area contributed by atoms with E-state index in [4.69, 9.17) is 4.74 Å². The van der Waals surface area contributed by atoms with Crippen LogP contribution in [0.4, 0.5) is 5.69 Å². The first-order chi connectivity index (χ1) is 14.7. The number of hydrogen-bond acceptors (Lipinski definition) is 4. The summed E-state index contributed by atoms with van der Waals surface area (Å²) in [5.74, 6) is 0.377. The van der Waals surface area contributed by atoms with Crippen molar-refractivity contribution in [3.63, 3.8) is 0 Å². The molecule has 4 nitrogen and oxygen atoms in total. The molecule has 0 spiro atoms. The number of aromatic carboxylic acids is 1. The lowest BCUT2D eigenvalue weighted by Crippen LogP contribution is -2.23. The molecule has 1 unspecified atom stereocenters. The fourth-order valence-corrected chi connectivity index (χ4v) is 6.31. The highest BCUT2D eigenvalue weighted by atomic mass is 32.1. The van der Waals surface area contributed by atoms with Gasteiger partial charge in [-0.3, -0.25) is 0 Å². The molecule has 0 radical (unpaired) electrons. The number of anilines is 1. The number of carboxylic acids is 1. The van der Waals surface area contributed by atoms with Gasteiger partial charge in [-0.2, -0.15) is 0 Å². The fraction of sp³-hybridized carbons (Fsp3) is 0.560. The van der Waals surface area contributed by atoms with E-state index in [2.05, 4.69) is 18.3 Å². The van der Waals surface area contributed by atoms with Crippen LogP contribution in [0.25, 0.3) is 0 Å². The van der Waals surface area contributed by atoms with Gasteiger partial charge >= 0.3 is 5.97 Å². The normalized spacial score (nSPS) is 19.5. The van der Waals surface area contributed by atoms with E-state index in [1.807, 2.05) is 23.5 Å². The van der Waals surface area contributed by atoms with E-state index in [0.29, 0.717) is 23.4 Å². The number of rotatable bonds is 7. The molecule has 4 rings (SSSR count). The monoisotopic (exact) mass is 427 g/mol. The molecule has 2 aromatic rings. The van der Waals surface area contributed by atoms with Gasteiger partial charge in [0.05, 0.1) is 11.6 Å². The van der Waals surface area contributed by atoms with Crippen molar-refractivity contribution in [3.8, 4) is 0 Å². The van der Waals surface area contributed by atoms with Crippen molar-refractivity contribution in [1.29, 1.82) is 0 Å². The summed E-state index contributed by atoms with van der Waals surface area (Å²) in [7, 11) is 0. The summed E-state index contributed by atoms with van der Waals surface area (Å²) in [6.45, 7) is 4.02. The number of carbonyl (C=O) groups is 1. The van der Waals surface area contributed by atoms with Crippen LogP contribution in [0.2, 0.25) is 0 Å². The summed E-state index contributed by atoms with van der Waals surface area (Å²) in [5.41, 5.74) is 2.82. The highest BCUT2D eigenvalue weighted by Gasteiger charge is 2.29. The summed E-state index contributed by atoms with van der Waals surface area (Å²) in [4.78, 5) is 14.2. The van der Waals surface area contributed by atoms with Crippen molar-refractivity contribution in [1.82, 2.24) is 0 Å². The molecule has 0 amide bonds. The topological polar surface area (TPSA) is 58.6 Å². The minimum Gasteiger partial charge on any atom is -0.478 e. The number of benzene rings is 1. The van der Waals surface area contributed by atoms with E-state index >= 15 is 0 Å². The summed E-state index contributed by atoms with van der Waals surface area (Å²) in [6, 6.07) is 10.0. The molecule has 162 valence electrons. The van der Waals surface area contributed by atoms with E-state index in [1.54, 1.807) is 12.1 Å². The molecular formula is C25H33NO3S. The number of ether oxygens (including phenoxy) is 1. The minimum atomic E-state index is -0.877. The first-order valence-corrected chi connectivity index (χ1v) is 12.3. The Hall–Kier alpha value is -1.85. The molecule has 30 heavy (non-hydrogen) atoms. The Morgan fingerprint density at radius 1 is 1.13 bits per heavy atom. The van der Waals surface area contributed by atoms with Gasteiger partial charge in [-0.05, 0) is 79.8 Å². The Kier molecular flexibility index (Phi) is 7.11. The molecule has 1 aromatic carbocycles. The van der Waals surface area contributed by atoms with Crippen LogP contribution in [0.5, 0.6) is 0 Å². The molecule has 5 heteroatoms. The summed E-state index contributed by atoms with van der Waals surface area (Å²) in [5, 5.41) is 13.0. The lowest BCUT2D eigenvalue weighted by Gasteiger charge is -2.32. The van der Waals surface area contributed by atoms with Crippen LogP contribution >= 0.6 is 11.3 Å². The number of aryl methyl sites for hydroxylation is 1. The molecule has 1 aliphatic heterocycles. The summed E-state index contributed by atoms with van der Waals surface area (Å²) < 4.78 is 5.58. The van der Waals surface area contributed by atoms with Crippen molar-refractivity contribution >= 4 is 23.0 Å². The second-order valence-electron chi connectivity index (χ2n) is 8.67. The van der Waals surface area contributed by atoms with Crippen molar-refractivity contribution in [2.45, 2.75) is 70.3 Å². The van der Waals surface area contributed by atoms with Crippen LogP contribution < -0.4 is 5.32 Å². The molecular weight excluding hydrogens is 394 g/mol. The Bertz CT molecular complexity index is 833. The van der Waals surface area contributed by atoms with Crippen LogP contribution in [0.1, 0.15) is 89.5 Å². The first-order valence-electron chi connectivity index (χ1n) is 11.5. The average Bonchev–Trinajstić information content (AvgIpc) is 3.23. The highest BCUT2D eigenvalue weighted by Crippen LogP contribution is 2.43. The summed E-state index contributed by atoms with van der Waals surface area (Å²) >= 11 is 2.00. The molecule has 1 atom stereocenters. The lowest BCUT2D eigenvalue weighted by molar-refractivity contribution is 0.0697. The Labute approximate surface area is 183 Å². The van der Waals surface area contributed by atoms with E-state index in [0.717, 1.165) is 38.2 Å². The van der Waals surface area contributed by atoms with Gasteiger partial charge in [0.15, 0.2) is 0 Å². The highest BCUT2D eigenvalue weighted by molar-refractivity contribution is 7.12. The van der Waals surface area contributed by atoms with Gasteiger partial charge in [-0.1, -0.05) is 26.2 Å². The molecule has 1 aliphatic carbocycles. The largest absolute Gasteiger partial charge is 0.478 e. The Balaban J connectivity index is 1.63. The fourth-order valence-electron chi connectivity index (χ4n) is 4.99. The van der Waals surface area contributed by atoms with Gasteiger partial charge < -0.3 is 15.2 Å². The molecule has 2 heterocycles. The standard InChI is InChI=1S/C25H33NO3S/c1-2-22-21(16-23(30-22)17-12-14-29-15-13-17)24(18-6-4-3-5-7-18)26-20-10-8-19(9-11-20)25(27)28/h8-11,16-18,24,26H,2-7,12-15H2,1H3,(H,27,28). The van der Waals surface area contributed by atoms with Crippen LogP contribution in [0.15, 0.2) is 30.3 Å². The van der Waals surface area contributed by atoms with Gasteiger partial charge in [-0.25, -0.2) is 4.79 Å². The van der Waals surface area contributed by atoms with Crippen molar-refractivity contribution in [2.24, 2.45) is 5.92 Å². The third-order valence-corrected chi connectivity index (χ3v) is 8.17. The molecule has 0 bridgehead atoms. The molecule has 2 fully saturated rings. The van der Waals surface area contributed by atoms with Gasteiger partial charge in [0.2, 0.25) is 0 Å². The maximum Gasteiger partial charge on any atom is 0.335 e. The Morgan fingerprint density at radius 2 is 1.83 bits per heavy atom. The van der Waals surface area contributed by atoms with Gasteiger partial charge in [0.1, 0.15) is 0 Å². The quantitative estimate of drug-likeness (QED) is 0.520. The van der Waals surface area contributed by atoms with Crippen LogP contribution in [0, 0.1) is 5.92 Å². The smallest absolute Gasteiger partial charge is 0.335 e. The predicted molar refractivity (Wildman–Crippen MR) is 123 cm³/mol. The van der Waals surface area contributed by atoms with Crippen LogP contribution in [-0.2, 0) is 11.2 Å². The molecule has 2 aliphatic rings. The Morgan fingerprint density at radius 3 is 2.47 bits per heavy atom.